The van der Waals surface area contributed by atoms with Crippen LogP contribution in [0.1, 0.15) is 17.5 Å². The number of hydrogen-bond donors (Lipinski definition) is 0. The van der Waals surface area contributed by atoms with Gasteiger partial charge in [0.1, 0.15) is 22.4 Å². The number of fused-ring (bicyclic) bond motifs is 3. The lowest BCUT2D eigenvalue weighted by molar-refractivity contribution is 0.340. The van der Waals surface area contributed by atoms with E-state index in [1.165, 1.54) is 11.3 Å². The predicted octanol–water partition coefficient (Wildman–Crippen LogP) is 6.53. The lowest BCUT2D eigenvalue weighted by atomic mass is 10.0. The molecule has 0 N–H and O–H groups in total. The van der Waals surface area contributed by atoms with E-state index in [0.717, 1.165) is 27.5 Å². The number of nitrogens with zero attached hydrogens (tertiary/aromatic N) is 2. The lowest BCUT2D eigenvalue weighted by Crippen LogP contribution is -2.03. The number of thiazole rings is 1. The molecule has 0 aliphatic rings. The Bertz CT molecular complexity index is 1610. The van der Waals surface area contributed by atoms with Crippen LogP contribution in [-0.4, -0.2) is 11.6 Å². The Morgan fingerprint density at radius 2 is 1.94 bits per heavy atom. The van der Waals surface area contributed by atoms with Crippen LogP contribution in [-0.2, 0) is 0 Å². The van der Waals surface area contributed by atoms with Gasteiger partial charge in [-0.05, 0) is 53.6 Å². The largest absolute Gasteiger partial charge is 0.494 e. The van der Waals surface area contributed by atoms with Gasteiger partial charge in [0.05, 0.1) is 23.4 Å². The van der Waals surface area contributed by atoms with Crippen LogP contribution in [0.5, 0.6) is 5.75 Å². The molecule has 160 valence electrons. The topological polar surface area (TPSA) is 76.1 Å². The Morgan fingerprint density at radius 3 is 2.73 bits per heavy atom. The maximum Gasteiger partial charge on any atom is 0.345 e. The molecule has 0 aliphatic heterocycles. The summed E-state index contributed by atoms with van der Waals surface area (Å²) in [4.78, 5) is 17.3. The molecule has 0 unspecified atom stereocenters. The molecule has 0 radical (unpaired) electrons. The van der Waals surface area contributed by atoms with Gasteiger partial charge in [0.25, 0.3) is 0 Å². The zero-order chi connectivity index (χ0) is 22.8. The summed E-state index contributed by atoms with van der Waals surface area (Å²) in [5.41, 5.74) is 2.23. The molecule has 0 bridgehead atoms. The first kappa shape index (κ1) is 20.7. The molecule has 5 rings (SSSR count). The maximum absolute atomic E-state index is 12.7. The van der Waals surface area contributed by atoms with E-state index in [2.05, 4.69) is 11.1 Å². The second-order valence-corrected chi connectivity index (χ2v) is 8.21. The van der Waals surface area contributed by atoms with Crippen molar-refractivity contribution >= 4 is 44.7 Å². The molecule has 0 spiro atoms. The molecular weight excluding hydrogens is 432 g/mol. The minimum Gasteiger partial charge on any atom is -0.494 e. The van der Waals surface area contributed by atoms with Crippen molar-refractivity contribution in [2.75, 3.05) is 6.61 Å². The molecular formula is C27H18N2O3S. The summed E-state index contributed by atoms with van der Waals surface area (Å²) in [6, 6.07) is 23.2. The Morgan fingerprint density at radius 1 is 1.12 bits per heavy atom. The minimum atomic E-state index is -0.455. The predicted molar refractivity (Wildman–Crippen MR) is 132 cm³/mol. The summed E-state index contributed by atoms with van der Waals surface area (Å²) in [5, 5.41) is 15.0. The summed E-state index contributed by atoms with van der Waals surface area (Å²) in [7, 11) is 0. The van der Waals surface area contributed by atoms with Crippen LogP contribution in [0.15, 0.2) is 81.3 Å². The standard InChI is InChI=1S/C27H18N2O3S/c1-2-31-20-10-7-17(8-11-20)13-19(15-28)26-29-24(16-33-26)23-14-22-21-6-4-3-5-18(21)9-12-25(22)32-27(23)30/h3-14,16H,2H2,1H3. The van der Waals surface area contributed by atoms with Gasteiger partial charge in [0.2, 0.25) is 0 Å². The van der Waals surface area contributed by atoms with E-state index in [0.29, 0.717) is 34.0 Å². The Kier molecular flexibility index (Phi) is 5.47. The van der Waals surface area contributed by atoms with E-state index in [4.69, 9.17) is 9.15 Å². The van der Waals surface area contributed by atoms with Crippen molar-refractivity contribution in [3.05, 3.63) is 93.1 Å². The molecule has 0 atom stereocenters. The first-order chi connectivity index (χ1) is 16.2. The van der Waals surface area contributed by atoms with Crippen molar-refractivity contribution in [1.29, 1.82) is 5.26 Å². The summed E-state index contributed by atoms with van der Waals surface area (Å²) in [6.45, 7) is 2.53. The first-order valence-corrected chi connectivity index (χ1v) is 11.3. The Labute approximate surface area is 193 Å². The van der Waals surface area contributed by atoms with Gasteiger partial charge in [0.15, 0.2) is 0 Å². The monoisotopic (exact) mass is 450 g/mol. The van der Waals surface area contributed by atoms with E-state index in [1.54, 1.807) is 11.5 Å². The molecule has 5 nitrogen and oxygen atoms in total. The number of rotatable bonds is 5. The van der Waals surface area contributed by atoms with Gasteiger partial charge < -0.3 is 9.15 Å². The average Bonchev–Trinajstić information content (AvgIpc) is 3.33. The molecule has 3 aromatic carbocycles. The second-order valence-electron chi connectivity index (χ2n) is 7.36. The smallest absolute Gasteiger partial charge is 0.345 e. The van der Waals surface area contributed by atoms with Crippen molar-refractivity contribution in [3.63, 3.8) is 0 Å². The first-order valence-electron chi connectivity index (χ1n) is 10.4. The van der Waals surface area contributed by atoms with Crippen LogP contribution in [0.4, 0.5) is 0 Å². The van der Waals surface area contributed by atoms with E-state index in [-0.39, 0.29) is 0 Å². The van der Waals surface area contributed by atoms with Crippen LogP contribution in [0.25, 0.3) is 44.6 Å². The van der Waals surface area contributed by atoms with Gasteiger partial charge >= 0.3 is 5.63 Å². The third-order valence-corrected chi connectivity index (χ3v) is 6.15. The molecule has 0 amide bonds. The number of aromatic nitrogens is 1. The summed E-state index contributed by atoms with van der Waals surface area (Å²) in [6.07, 6.45) is 1.77. The molecule has 6 heteroatoms. The number of benzene rings is 3. The van der Waals surface area contributed by atoms with Crippen LogP contribution in [0, 0.1) is 11.3 Å². The van der Waals surface area contributed by atoms with Gasteiger partial charge in [-0.15, -0.1) is 11.3 Å². The van der Waals surface area contributed by atoms with Crippen LogP contribution >= 0.6 is 11.3 Å². The summed E-state index contributed by atoms with van der Waals surface area (Å²) in [5.74, 6) is 0.778. The van der Waals surface area contributed by atoms with Gasteiger partial charge in [-0.3, -0.25) is 0 Å². The van der Waals surface area contributed by atoms with Crippen LogP contribution in [0.3, 0.4) is 0 Å². The lowest BCUT2D eigenvalue weighted by Gasteiger charge is -2.04. The van der Waals surface area contributed by atoms with Gasteiger partial charge in [-0.2, -0.15) is 5.26 Å². The number of ether oxygens (including phenoxy) is 1. The van der Waals surface area contributed by atoms with Crippen LogP contribution in [0.2, 0.25) is 0 Å². The fourth-order valence-corrected chi connectivity index (χ4v) is 4.49. The Hall–Kier alpha value is -4.21. The van der Waals surface area contributed by atoms with Crippen molar-refractivity contribution in [2.45, 2.75) is 6.92 Å². The van der Waals surface area contributed by atoms with Crippen molar-refractivity contribution in [2.24, 2.45) is 0 Å². The molecule has 2 aromatic heterocycles. The highest BCUT2D eigenvalue weighted by Gasteiger charge is 2.15. The molecule has 0 aliphatic carbocycles. The highest BCUT2D eigenvalue weighted by molar-refractivity contribution is 7.11. The molecule has 33 heavy (non-hydrogen) atoms. The van der Waals surface area contributed by atoms with Crippen molar-refractivity contribution in [3.8, 4) is 23.1 Å². The zero-order valence-electron chi connectivity index (χ0n) is 17.7. The SMILES string of the molecule is CCOc1ccc(C=C(C#N)c2nc(-c3cc4c(ccc5ccccc54)oc3=O)cs2)cc1. The molecule has 0 saturated carbocycles. The summed E-state index contributed by atoms with van der Waals surface area (Å²) >= 11 is 1.32. The zero-order valence-corrected chi connectivity index (χ0v) is 18.6. The molecule has 5 aromatic rings. The fourth-order valence-electron chi connectivity index (χ4n) is 3.71. The highest BCUT2D eigenvalue weighted by atomic mass is 32.1. The van der Waals surface area contributed by atoms with E-state index >= 15 is 0 Å². The van der Waals surface area contributed by atoms with Gasteiger partial charge in [-0.1, -0.05) is 42.5 Å². The Balaban J connectivity index is 1.54. The minimum absolute atomic E-state index is 0.375. The highest BCUT2D eigenvalue weighted by Crippen LogP contribution is 2.30. The molecule has 0 fully saturated rings. The van der Waals surface area contributed by atoms with Crippen molar-refractivity contribution < 1.29 is 9.15 Å². The normalized spacial score (nSPS) is 11.6. The van der Waals surface area contributed by atoms with Gasteiger partial charge in [0, 0.05) is 10.8 Å². The number of nitriles is 1. The third-order valence-electron chi connectivity index (χ3n) is 5.28. The number of hydrogen-bond acceptors (Lipinski definition) is 6. The second kappa shape index (κ2) is 8.73. The number of allylic oxidation sites excluding steroid dienone is 1. The van der Waals surface area contributed by atoms with E-state index < -0.39 is 5.63 Å². The average molecular weight is 451 g/mol. The summed E-state index contributed by atoms with van der Waals surface area (Å²) < 4.78 is 11.1. The quantitative estimate of drug-likeness (QED) is 0.173. The van der Waals surface area contributed by atoms with Crippen LogP contribution < -0.4 is 10.4 Å². The van der Waals surface area contributed by atoms with Gasteiger partial charge in [-0.25, -0.2) is 9.78 Å². The third kappa shape index (κ3) is 4.02. The van der Waals surface area contributed by atoms with E-state index in [1.807, 2.05) is 73.7 Å². The van der Waals surface area contributed by atoms with Crippen molar-refractivity contribution in [1.82, 2.24) is 4.98 Å². The van der Waals surface area contributed by atoms with E-state index in [9.17, 15) is 10.1 Å². The molecule has 2 heterocycles. The maximum atomic E-state index is 12.7. The fraction of sp³-hybridized carbons (Fsp3) is 0.0741. The molecule has 0 saturated heterocycles.